The lowest BCUT2D eigenvalue weighted by atomic mass is 10.1. The van der Waals surface area contributed by atoms with E-state index in [1.807, 2.05) is 18.2 Å². The van der Waals surface area contributed by atoms with Crippen LogP contribution in [-0.4, -0.2) is 63.6 Å². The van der Waals surface area contributed by atoms with Gasteiger partial charge in [-0.05, 0) is 18.2 Å². The summed E-state index contributed by atoms with van der Waals surface area (Å²) in [4.78, 5) is 19.1. The lowest BCUT2D eigenvalue weighted by Crippen LogP contribution is -2.38. The van der Waals surface area contributed by atoms with Gasteiger partial charge >= 0.3 is 0 Å². The number of nitrogens with zero attached hydrogens (tertiary/aromatic N) is 2. The smallest absolute Gasteiger partial charge is 0.252 e. The van der Waals surface area contributed by atoms with E-state index in [4.69, 9.17) is 14.2 Å². The molecule has 2 aliphatic rings. The van der Waals surface area contributed by atoms with Crippen molar-refractivity contribution < 1.29 is 27.4 Å². The molecule has 0 N–H and O–H groups in total. The first kappa shape index (κ1) is 22.5. The zero-order valence-corrected chi connectivity index (χ0v) is 19.6. The Labute approximate surface area is 191 Å². The number of benzene rings is 2. The number of ether oxygens (including phenoxy) is 3. The Morgan fingerprint density at radius 3 is 2.53 bits per heavy atom. The number of fused-ring (bicyclic) bond motifs is 1. The molecular formula is C22H24N2O6S2. The van der Waals surface area contributed by atoms with Gasteiger partial charge in [-0.1, -0.05) is 30.0 Å². The van der Waals surface area contributed by atoms with Gasteiger partial charge in [0.1, 0.15) is 17.2 Å². The summed E-state index contributed by atoms with van der Waals surface area (Å²) in [6, 6.07) is 12.2. The average Bonchev–Trinajstić information content (AvgIpc) is 3.24. The van der Waals surface area contributed by atoms with Crippen molar-refractivity contribution in [2.24, 2.45) is 4.99 Å². The van der Waals surface area contributed by atoms with Crippen LogP contribution in [0, 0.1) is 0 Å². The van der Waals surface area contributed by atoms with Crippen LogP contribution < -0.4 is 19.1 Å². The number of thioether (sulfide) groups is 1. The van der Waals surface area contributed by atoms with Gasteiger partial charge in [0.05, 0.1) is 51.0 Å². The van der Waals surface area contributed by atoms with E-state index in [9.17, 15) is 13.2 Å². The molecule has 0 unspecified atom stereocenters. The minimum Gasteiger partial charge on any atom is -0.497 e. The fourth-order valence-corrected chi connectivity index (χ4v) is 7.91. The highest BCUT2D eigenvalue weighted by molar-refractivity contribution is 8.16. The lowest BCUT2D eigenvalue weighted by molar-refractivity contribution is -0.117. The Bertz CT molecular complexity index is 1160. The highest BCUT2D eigenvalue weighted by Gasteiger charge is 2.50. The number of amides is 1. The minimum atomic E-state index is -3.18. The van der Waals surface area contributed by atoms with Crippen molar-refractivity contribution in [3.63, 3.8) is 0 Å². The molecule has 2 aromatic carbocycles. The van der Waals surface area contributed by atoms with Crippen molar-refractivity contribution in [1.82, 2.24) is 0 Å². The summed E-state index contributed by atoms with van der Waals surface area (Å²) in [7, 11) is 1.47. The first-order chi connectivity index (χ1) is 15.3. The number of para-hydroxylation sites is 1. The topological polar surface area (TPSA) is 94.5 Å². The maximum absolute atomic E-state index is 12.9. The van der Waals surface area contributed by atoms with Crippen LogP contribution in [0.4, 0.5) is 5.69 Å². The van der Waals surface area contributed by atoms with Crippen LogP contribution in [-0.2, 0) is 21.1 Å². The van der Waals surface area contributed by atoms with Crippen molar-refractivity contribution >= 4 is 38.4 Å². The third-order valence-corrected chi connectivity index (χ3v) is 8.68. The Hall–Kier alpha value is -2.72. The summed E-state index contributed by atoms with van der Waals surface area (Å²) < 4.78 is 40.9. The molecule has 8 nitrogen and oxygen atoms in total. The van der Waals surface area contributed by atoms with E-state index in [2.05, 4.69) is 4.99 Å². The molecular weight excluding hydrogens is 452 g/mol. The summed E-state index contributed by atoms with van der Waals surface area (Å²) in [6.45, 7) is 0. The van der Waals surface area contributed by atoms with Crippen molar-refractivity contribution in [3.05, 3.63) is 48.0 Å². The predicted molar refractivity (Wildman–Crippen MR) is 125 cm³/mol. The molecule has 2 saturated heterocycles. The van der Waals surface area contributed by atoms with Gasteiger partial charge in [0.15, 0.2) is 15.0 Å². The average molecular weight is 477 g/mol. The fraction of sp³-hybridized carbons (Fsp3) is 0.364. The third kappa shape index (κ3) is 4.42. The summed E-state index contributed by atoms with van der Waals surface area (Å²) in [5, 5.41) is 0.245. The number of rotatable bonds is 6. The number of aliphatic imine (C=N–C) groups is 1. The molecule has 0 aromatic heterocycles. The van der Waals surface area contributed by atoms with E-state index < -0.39 is 9.84 Å². The molecule has 170 valence electrons. The number of carbonyl (C=O) groups excluding carboxylic acids is 1. The predicted octanol–water partition coefficient (Wildman–Crippen LogP) is 2.56. The van der Waals surface area contributed by atoms with Crippen molar-refractivity contribution in [2.75, 3.05) is 37.7 Å². The summed E-state index contributed by atoms with van der Waals surface area (Å²) in [6.07, 6.45) is 0.0742. The Kier molecular flexibility index (Phi) is 6.34. The van der Waals surface area contributed by atoms with Crippen LogP contribution >= 0.6 is 11.8 Å². The molecule has 10 heteroatoms. The van der Waals surface area contributed by atoms with Crippen LogP contribution in [0.15, 0.2) is 47.5 Å². The lowest BCUT2D eigenvalue weighted by Gasteiger charge is -2.26. The van der Waals surface area contributed by atoms with Gasteiger partial charge < -0.3 is 19.1 Å². The number of anilines is 1. The zero-order valence-electron chi connectivity index (χ0n) is 18.0. The largest absolute Gasteiger partial charge is 0.497 e. The monoisotopic (exact) mass is 476 g/mol. The number of hydrogen-bond donors (Lipinski definition) is 0. The van der Waals surface area contributed by atoms with Crippen LogP contribution in [0.5, 0.6) is 17.2 Å². The molecule has 2 aliphatic heterocycles. The summed E-state index contributed by atoms with van der Waals surface area (Å²) in [5.41, 5.74) is 1.36. The van der Waals surface area contributed by atoms with E-state index in [1.165, 1.54) is 11.8 Å². The number of sulfone groups is 1. The zero-order chi connectivity index (χ0) is 22.9. The van der Waals surface area contributed by atoms with Gasteiger partial charge in [-0.3, -0.25) is 4.79 Å². The van der Waals surface area contributed by atoms with Gasteiger partial charge in [-0.2, -0.15) is 4.99 Å². The molecule has 2 heterocycles. The number of hydrogen-bond acceptors (Lipinski definition) is 7. The van der Waals surface area contributed by atoms with Crippen molar-refractivity contribution in [1.29, 1.82) is 0 Å². The molecule has 32 heavy (non-hydrogen) atoms. The standard InChI is InChI=1S/C22H24N2O6S2/c1-28-15-8-9-19(30-3)16(11-15)24-17-12-32(26,27)13-20(17)31-22(24)23-21(25)10-14-6-4-5-7-18(14)29-2/h4-9,11,17,20H,10,12-13H2,1-3H3/t17-,20+/m0/s1. The normalized spacial score (nSPS) is 22.6. The van der Waals surface area contributed by atoms with Crippen molar-refractivity contribution in [2.45, 2.75) is 17.7 Å². The van der Waals surface area contributed by atoms with E-state index in [-0.39, 0.29) is 35.1 Å². The van der Waals surface area contributed by atoms with Gasteiger partial charge in [-0.25, -0.2) is 8.42 Å². The van der Waals surface area contributed by atoms with Crippen LogP contribution in [0.2, 0.25) is 0 Å². The Morgan fingerprint density at radius 1 is 1.06 bits per heavy atom. The summed E-state index contributed by atoms with van der Waals surface area (Å²) in [5.74, 6) is 1.45. The first-order valence-corrected chi connectivity index (χ1v) is 12.7. The molecule has 2 atom stereocenters. The number of carbonyl (C=O) groups is 1. The van der Waals surface area contributed by atoms with Gasteiger partial charge in [0, 0.05) is 16.9 Å². The molecule has 0 spiro atoms. The van der Waals surface area contributed by atoms with E-state index in [1.54, 1.807) is 50.5 Å². The van der Waals surface area contributed by atoms with E-state index in [0.29, 0.717) is 28.1 Å². The second kappa shape index (κ2) is 9.03. The molecule has 0 aliphatic carbocycles. The molecule has 0 radical (unpaired) electrons. The molecule has 2 fully saturated rings. The molecule has 1 amide bonds. The molecule has 4 rings (SSSR count). The van der Waals surface area contributed by atoms with Gasteiger partial charge in [-0.15, -0.1) is 0 Å². The SMILES string of the molecule is COc1ccc(OC)c(N2C(=NC(=O)Cc3ccccc3OC)S[C@@H]3CS(=O)(=O)C[C@@H]32)c1. The van der Waals surface area contributed by atoms with Crippen molar-refractivity contribution in [3.8, 4) is 17.2 Å². The van der Waals surface area contributed by atoms with E-state index >= 15 is 0 Å². The van der Waals surface area contributed by atoms with Crippen LogP contribution in [0.1, 0.15) is 5.56 Å². The quantitative estimate of drug-likeness (QED) is 0.628. The third-order valence-electron chi connectivity index (χ3n) is 5.47. The molecule has 0 bridgehead atoms. The molecule has 0 saturated carbocycles. The maximum atomic E-state index is 12.9. The fourth-order valence-electron chi connectivity index (χ4n) is 3.99. The van der Waals surface area contributed by atoms with Crippen LogP contribution in [0.3, 0.4) is 0 Å². The number of methoxy groups -OCH3 is 3. The summed E-state index contributed by atoms with van der Waals surface area (Å²) >= 11 is 1.32. The Balaban J connectivity index is 1.72. The van der Waals surface area contributed by atoms with E-state index in [0.717, 1.165) is 5.56 Å². The van der Waals surface area contributed by atoms with Crippen LogP contribution in [0.25, 0.3) is 0 Å². The Morgan fingerprint density at radius 2 is 1.81 bits per heavy atom. The number of amidine groups is 1. The second-order valence-electron chi connectivity index (χ2n) is 7.49. The first-order valence-electron chi connectivity index (χ1n) is 9.97. The van der Waals surface area contributed by atoms with Gasteiger partial charge in [0.25, 0.3) is 5.91 Å². The maximum Gasteiger partial charge on any atom is 0.252 e. The minimum absolute atomic E-state index is 0.00918. The molecule has 2 aromatic rings. The second-order valence-corrected chi connectivity index (χ2v) is 10.8. The highest BCUT2D eigenvalue weighted by Crippen LogP contribution is 2.45. The van der Waals surface area contributed by atoms with Gasteiger partial charge in [0.2, 0.25) is 0 Å². The highest BCUT2D eigenvalue weighted by atomic mass is 32.2.